The predicted molar refractivity (Wildman–Crippen MR) is 72.9 cm³/mol. The van der Waals surface area contributed by atoms with E-state index >= 15 is 0 Å². The van der Waals surface area contributed by atoms with Crippen LogP contribution in [-0.4, -0.2) is 13.1 Å². The average molecular weight is 282 g/mol. The van der Waals surface area contributed by atoms with Gasteiger partial charge in [0.25, 0.3) is 0 Å². The molecule has 1 heterocycles. The second kappa shape index (κ2) is 5.33. The molecule has 1 aromatic carbocycles. The van der Waals surface area contributed by atoms with Gasteiger partial charge in [0, 0.05) is 4.47 Å². The Kier molecular flexibility index (Phi) is 4.04. The lowest BCUT2D eigenvalue weighted by Gasteiger charge is -2.29. The van der Waals surface area contributed by atoms with Crippen molar-refractivity contribution in [2.75, 3.05) is 13.1 Å². The fourth-order valence-corrected chi connectivity index (χ4v) is 3.22. The number of nitrogens with one attached hydrogen (secondary N) is 1. The van der Waals surface area contributed by atoms with E-state index in [0.717, 1.165) is 5.92 Å². The maximum atomic E-state index is 3.68. The van der Waals surface area contributed by atoms with Gasteiger partial charge in [-0.05, 0) is 56.3 Å². The molecular weight excluding hydrogens is 262 g/mol. The third kappa shape index (κ3) is 2.67. The van der Waals surface area contributed by atoms with Crippen LogP contribution in [0.1, 0.15) is 36.8 Å². The molecule has 88 valence electrons. The second-order valence-corrected chi connectivity index (χ2v) is 5.76. The van der Waals surface area contributed by atoms with Gasteiger partial charge in [0.2, 0.25) is 0 Å². The van der Waals surface area contributed by atoms with E-state index < -0.39 is 0 Å². The van der Waals surface area contributed by atoms with Gasteiger partial charge in [-0.25, -0.2) is 0 Å². The standard InChI is InChI=1S/C14H20BrN/c1-10-3-4-14(15)13(9-10)11(2)12-5-7-16-8-6-12/h3-4,9,11-12,16H,5-8H2,1-2H3. The molecule has 1 unspecified atom stereocenters. The number of hydrogen-bond donors (Lipinski definition) is 1. The molecule has 0 spiro atoms. The Morgan fingerprint density at radius 1 is 1.31 bits per heavy atom. The number of piperidine rings is 1. The van der Waals surface area contributed by atoms with Gasteiger partial charge >= 0.3 is 0 Å². The zero-order valence-corrected chi connectivity index (χ0v) is 11.7. The highest BCUT2D eigenvalue weighted by molar-refractivity contribution is 9.10. The highest BCUT2D eigenvalue weighted by Gasteiger charge is 2.22. The Hall–Kier alpha value is -0.340. The maximum Gasteiger partial charge on any atom is 0.0210 e. The predicted octanol–water partition coefficient (Wildman–Crippen LogP) is 3.86. The molecule has 1 saturated heterocycles. The van der Waals surface area contributed by atoms with Crippen LogP contribution < -0.4 is 5.32 Å². The first-order valence-corrected chi connectivity index (χ1v) is 6.94. The molecule has 0 saturated carbocycles. The fraction of sp³-hybridized carbons (Fsp3) is 0.571. The summed E-state index contributed by atoms with van der Waals surface area (Å²) in [7, 11) is 0. The van der Waals surface area contributed by atoms with Crippen LogP contribution in [0.25, 0.3) is 0 Å². The maximum absolute atomic E-state index is 3.68. The Morgan fingerprint density at radius 2 is 2.00 bits per heavy atom. The summed E-state index contributed by atoms with van der Waals surface area (Å²) in [5.74, 6) is 1.50. The highest BCUT2D eigenvalue weighted by atomic mass is 79.9. The first-order chi connectivity index (χ1) is 7.68. The number of halogens is 1. The summed E-state index contributed by atoms with van der Waals surface area (Å²) >= 11 is 3.68. The highest BCUT2D eigenvalue weighted by Crippen LogP contribution is 2.35. The van der Waals surface area contributed by atoms with Crippen molar-refractivity contribution in [1.82, 2.24) is 5.32 Å². The summed E-state index contributed by atoms with van der Waals surface area (Å²) in [5.41, 5.74) is 2.84. The Morgan fingerprint density at radius 3 is 2.69 bits per heavy atom. The van der Waals surface area contributed by atoms with Gasteiger partial charge in [-0.3, -0.25) is 0 Å². The SMILES string of the molecule is Cc1ccc(Br)c(C(C)C2CCNCC2)c1. The first kappa shape index (κ1) is 12.1. The van der Waals surface area contributed by atoms with Crippen molar-refractivity contribution in [3.63, 3.8) is 0 Å². The molecule has 1 aliphatic heterocycles. The normalized spacial score (nSPS) is 19.7. The molecule has 1 nitrogen and oxygen atoms in total. The minimum atomic E-state index is 0.663. The molecule has 16 heavy (non-hydrogen) atoms. The fourth-order valence-electron chi connectivity index (χ4n) is 2.61. The third-order valence-corrected chi connectivity index (χ3v) is 4.46. The van der Waals surface area contributed by atoms with Gasteiger partial charge in [-0.15, -0.1) is 0 Å². The van der Waals surface area contributed by atoms with Crippen LogP contribution >= 0.6 is 15.9 Å². The molecule has 1 atom stereocenters. The number of aryl methyl sites for hydroxylation is 1. The van der Waals surface area contributed by atoms with Gasteiger partial charge in [0.05, 0.1) is 0 Å². The molecule has 0 aromatic heterocycles. The summed E-state index contributed by atoms with van der Waals surface area (Å²) in [6.45, 7) is 6.90. The van der Waals surface area contributed by atoms with Crippen molar-refractivity contribution < 1.29 is 0 Å². The van der Waals surface area contributed by atoms with Crippen LogP contribution in [0.4, 0.5) is 0 Å². The van der Waals surface area contributed by atoms with Crippen LogP contribution in [0.3, 0.4) is 0 Å². The second-order valence-electron chi connectivity index (χ2n) is 4.90. The lowest BCUT2D eigenvalue weighted by molar-refractivity contribution is 0.330. The Labute approximate surface area is 107 Å². The van der Waals surface area contributed by atoms with Gasteiger partial charge in [0.15, 0.2) is 0 Å². The lowest BCUT2D eigenvalue weighted by atomic mass is 9.81. The lowest BCUT2D eigenvalue weighted by Crippen LogP contribution is -2.30. The Bertz CT molecular complexity index is 356. The van der Waals surface area contributed by atoms with Crippen LogP contribution in [0, 0.1) is 12.8 Å². The summed E-state index contributed by atoms with van der Waals surface area (Å²) in [4.78, 5) is 0. The largest absolute Gasteiger partial charge is 0.317 e. The van der Waals surface area contributed by atoms with Crippen LogP contribution in [0.5, 0.6) is 0 Å². The van der Waals surface area contributed by atoms with Gasteiger partial charge in [-0.2, -0.15) is 0 Å². The van der Waals surface area contributed by atoms with Crippen LogP contribution in [-0.2, 0) is 0 Å². The van der Waals surface area contributed by atoms with E-state index in [1.807, 2.05) is 0 Å². The van der Waals surface area contributed by atoms with E-state index in [0.29, 0.717) is 5.92 Å². The van der Waals surface area contributed by atoms with Crippen molar-refractivity contribution >= 4 is 15.9 Å². The molecule has 0 aliphatic carbocycles. The monoisotopic (exact) mass is 281 g/mol. The smallest absolute Gasteiger partial charge is 0.0210 e. The number of rotatable bonds is 2. The molecule has 0 amide bonds. The van der Waals surface area contributed by atoms with Crippen LogP contribution in [0.2, 0.25) is 0 Å². The summed E-state index contributed by atoms with van der Waals surface area (Å²) in [5, 5.41) is 3.44. The van der Waals surface area contributed by atoms with Crippen molar-refractivity contribution in [3.05, 3.63) is 33.8 Å². The van der Waals surface area contributed by atoms with Crippen molar-refractivity contribution in [3.8, 4) is 0 Å². The van der Waals surface area contributed by atoms with E-state index in [9.17, 15) is 0 Å². The molecule has 2 rings (SSSR count). The van der Waals surface area contributed by atoms with E-state index in [1.165, 1.54) is 41.5 Å². The van der Waals surface area contributed by atoms with Gasteiger partial charge in [-0.1, -0.05) is 40.5 Å². The minimum Gasteiger partial charge on any atom is -0.317 e. The number of benzene rings is 1. The van der Waals surface area contributed by atoms with Crippen molar-refractivity contribution in [1.29, 1.82) is 0 Å². The topological polar surface area (TPSA) is 12.0 Å². The molecule has 1 fully saturated rings. The van der Waals surface area contributed by atoms with Crippen molar-refractivity contribution in [2.45, 2.75) is 32.6 Å². The van der Waals surface area contributed by atoms with Gasteiger partial charge in [0.1, 0.15) is 0 Å². The third-order valence-electron chi connectivity index (χ3n) is 3.73. The molecule has 1 aromatic rings. The zero-order chi connectivity index (χ0) is 11.5. The molecule has 0 radical (unpaired) electrons. The summed E-state index contributed by atoms with van der Waals surface area (Å²) in [6, 6.07) is 6.68. The van der Waals surface area contributed by atoms with E-state index in [4.69, 9.17) is 0 Å². The number of hydrogen-bond acceptors (Lipinski definition) is 1. The zero-order valence-electron chi connectivity index (χ0n) is 10.1. The van der Waals surface area contributed by atoms with Crippen LogP contribution in [0.15, 0.2) is 22.7 Å². The van der Waals surface area contributed by atoms with E-state index in [1.54, 1.807) is 0 Å². The van der Waals surface area contributed by atoms with Gasteiger partial charge < -0.3 is 5.32 Å². The van der Waals surface area contributed by atoms with E-state index in [-0.39, 0.29) is 0 Å². The molecule has 1 aliphatic rings. The summed E-state index contributed by atoms with van der Waals surface area (Å²) < 4.78 is 1.27. The van der Waals surface area contributed by atoms with Crippen molar-refractivity contribution in [2.24, 2.45) is 5.92 Å². The summed E-state index contributed by atoms with van der Waals surface area (Å²) in [6.07, 6.45) is 2.61. The molecule has 1 N–H and O–H groups in total. The quantitative estimate of drug-likeness (QED) is 0.868. The first-order valence-electron chi connectivity index (χ1n) is 6.15. The van der Waals surface area contributed by atoms with E-state index in [2.05, 4.69) is 53.3 Å². The molecular formula is C14H20BrN. The Balaban J connectivity index is 2.18. The average Bonchev–Trinajstić information content (AvgIpc) is 2.32. The minimum absolute atomic E-state index is 0.663. The molecule has 2 heteroatoms. The molecule has 0 bridgehead atoms.